The highest BCUT2D eigenvalue weighted by molar-refractivity contribution is 6.07. The molecule has 3 N–H and O–H groups in total. The summed E-state index contributed by atoms with van der Waals surface area (Å²) >= 11 is 0. The molecule has 0 saturated heterocycles. The van der Waals surface area contributed by atoms with Crippen molar-refractivity contribution in [1.29, 1.82) is 5.41 Å². The van der Waals surface area contributed by atoms with E-state index in [1.54, 1.807) is 18.7 Å². The molecule has 0 spiro atoms. The van der Waals surface area contributed by atoms with E-state index in [0.717, 1.165) is 11.3 Å². The van der Waals surface area contributed by atoms with Gasteiger partial charge in [-0.2, -0.15) is 5.10 Å². The van der Waals surface area contributed by atoms with Gasteiger partial charge in [0.05, 0.1) is 30.4 Å². The number of fused-ring (bicyclic) bond motifs is 1. The molecule has 0 amide bonds. The van der Waals surface area contributed by atoms with Crippen molar-refractivity contribution in [3.63, 3.8) is 0 Å². The summed E-state index contributed by atoms with van der Waals surface area (Å²) in [7, 11) is 1.61. The van der Waals surface area contributed by atoms with Crippen molar-refractivity contribution >= 4 is 16.7 Å². The first kappa shape index (κ1) is 16.1. The van der Waals surface area contributed by atoms with E-state index in [4.69, 9.17) is 15.9 Å². The summed E-state index contributed by atoms with van der Waals surface area (Å²) in [6.07, 6.45) is 0. The predicted molar refractivity (Wildman–Crippen MR) is 90.2 cm³/mol. The van der Waals surface area contributed by atoms with Gasteiger partial charge in [0.1, 0.15) is 17.3 Å². The normalized spacial score (nSPS) is 11.0. The lowest BCUT2D eigenvalue weighted by Crippen LogP contribution is -2.15. The van der Waals surface area contributed by atoms with Crippen LogP contribution in [0.25, 0.3) is 11.0 Å². The van der Waals surface area contributed by atoms with Gasteiger partial charge in [-0.25, -0.2) is 14.1 Å². The molecule has 0 saturated carbocycles. The van der Waals surface area contributed by atoms with Crippen LogP contribution in [0.2, 0.25) is 0 Å². The quantitative estimate of drug-likeness (QED) is 0.703. The van der Waals surface area contributed by atoms with E-state index in [2.05, 4.69) is 10.1 Å². The first-order valence-electron chi connectivity index (χ1n) is 7.48. The maximum absolute atomic E-state index is 13.9. The monoisotopic (exact) mass is 327 g/mol. The summed E-state index contributed by atoms with van der Waals surface area (Å²) in [6.45, 7) is 2.09. The van der Waals surface area contributed by atoms with Gasteiger partial charge in [0.25, 0.3) is 0 Å². The third kappa shape index (κ3) is 2.85. The first-order valence-corrected chi connectivity index (χ1v) is 7.48. The molecular formula is C17H18FN5O. The molecule has 1 aromatic carbocycles. The van der Waals surface area contributed by atoms with Crippen LogP contribution in [0.4, 0.5) is 4.39 Å². The molecule has 2 aromatic heterocycles. The molecule has 124 valence electrons. The third-order valence-electron chi connectivity index (χ3n) is 3.83. The van der Waals surface area contributed by atoms with Crippen LogP contribution in [-0.2, 0) is 6.54 Å². The maximum atomic E-state index is 13.9. The molecule has 0 aliphatic heterocycles. The Balaban J connectivity index is 2.09. The highest BCUT2D eigenvalue weighted by atomic mass is 19.1. The Labute approximate surface area is 138 Å². The molecule has 0 unspecified atom stereocenters. The Morgan fingerprint density at radius 2 is 2.04 bits per heavy atom. The van der Waals surface area contributed by atoms with Crippen LogP contribution in [-0.4, -0.2) is 34.1 Å². The largest absolute Gasteiger partial charge is 0.497 e. The summed E-state index contributed by atoms with van der Waals surface area (Å²) in [5.41, 5.74) is 7.90. The number of hydrogen-bond donors (Lipinski definition) is 2. The minimum absolute atomic E-state index is 0.0319. The zero-order valence-corrected chi connectivity index (χ0v) is 13.5. The van der Waals surface area contributed by atoms with Crippen LogP contribution in [0, 0.1) is 18.2 Å². The molecule has 0 radical (unpaired) electrons. The van der Waals surface area contributed by atoms with Gasteiger partial charge < -0.3 is 15.9 Å². The Morgan fingerprint density at radius 1 is 1.33 bits per heavy atom. The summed E-state index contributed by atoms with van der Waals surface area (Å²) in [6, 6.07) is 8.95. The Morgan fingerprint density at radius 3 is 2.67 bits per heavy atom. The van der Waals surface area contributed by atoms with Gasteiger partial charge in [-0.05, 0) is 30.7 Å². The number of ether oxygens (including phenoxy) is 1. The number of methoxy groups -OCH3 is 1. The molecular weight excluding hydrogens is 309 g/mol. The van der Waals surface area contributed by atoms with Crippen LogP contribution < -0.4 is 10.5 Å². The lowest BCUT2D eigenvalue weighted by molar-refractivity contribution is 0.414. The SMILES string of the molecule is COc1ccc(Cn2nc(C(=N)CN)c3cc(F)c(C)nc32)cc1. The molecule has 7 heteroatoms. The van der Waals surface area contributed by atoms with E-state index in [9.17, 15) is 4.39 Å². The van der Waals surface area contributed by atoms with Crippen LogP contribution >= 0.6 is 0 Å². The van der Waals surface area contributed by atoms with Crippen LogP contribution in [0.15, 0.2) is 30.3 Å². The van der Waals surface area contributed by atoms with E-state index < -0.39 is 5.82 Å². The van der Waals surface area contributed by atoms with Gasteiger partial charge in [0.2, 0.25) is 0 Å². The smallest absolute Gasteiger partial charge is 0.159 e. The summed E-state index contributed by atoms with van der Waals surface area (Å²) in [4.78, 5) is 4.31. The second-order valence-electron chi connectivity index (χ2n) is 5.46. The molecule has 0 bridgehead atoms. The van der Waals surface area contributed by atoms with Crippen LogP contribution in [0.5, 0.6) is 5.75 Å². The number of nitrogens with zero attached hydrogens (tertiary/aromatic N) is 3. The van der Waals surface area contributed by atoms with Crippen molar-refractivity contribution < 1.29 is 9.13 Å². The Bertz CT molecular complexity index is 901. The van der Waals surface area contributed by atoms with Crippen molar-refractivity contribution in [2.24, 2.45) is 5.73 Å². The Kier molecular flexibility index (Phi) is 4.26. The number of nitrogens with two attached hydrogens (primary N) is 1. The number of halogens is 1. The number of aromatic nitrogens is 3. The minimum atomic E-state index is -0.419. The topological polar surface area (TPSA) is 89.8 Å². The second-order valence-corrected chi connectivity index (χ2v) is 5.46. The van der Waals surface area contributed by atoms with Gasteiger partial charge in [-0.15, -0.1) is 0 Å². The highest BCUT2D eigenvalue weighted by Gasteiger charge is 2.17. The number of hydrogen-bond acceptors (Lipinski definition) is 5. The zero-order chi connectivity index (χ0) is 17.3. The summed E-state index contributed by atoms with van der Waals surface area (Å²) in [5, 5.41) is 12.9. The summed E-state index contributed by atoms with van der Waals surface area (Å²) < 4.78 is 20.7. The minimum Gasteiger partial charge on any atom is -0.497 e. The lowest BCUT2D eigenvalue weighted by Gasteiger charge is -2.05. The fraction of sp³-hybridized carbons (Fsp3) is 0.235. The summed E-state index contributed by atoms with van der Waals surface area (Å²) in [5.74, 6) is 0.350. The standard InChI is InChI=1S/C17H18FN5O/c1-10-14(18)7-13-16(15(20)8-19)22-23(17(13)21-10)9-11-3-5-12(24-2)6-4-11/h3-7,20H,8-9,19H2,1-2H3. The van der Waals surface area contributed by atoms with Gasteiger partial charge in [0, 0.05) is 6.54 Å². The first-order chi connectivity index (χ1) is 11.5. The Hall–Kier alpha value is -2.80. The molecule has 0 aliphatic carbocycles. The van der Waals surface area contributed by atoms with E-state index in [1.165, 1.54) is 6.07 Å². The van der Waals surface area contributed by atoms with Gasteiger partial charge in [-0.1, -0.05) is 12.1 Å². The van der Waals surface area contributed by atoms with Crippen LogP contribution in [0.1, 0.15) is 17.0 Å². The van der Waals surface area contributed by atoms with Crippen LogP contribution in [0.3, 0.4) is 0 Å². The highest BCUT2D eigenvalue weighted by Crippen LogP contribution is 2.21. The van der Waals surface area contributed by atoms with Crippen molar-refractivity contribution in [3.8, 4) is 5.75 Å². The number of benzene rings is 1. The fourth-order valence-corrected chi connectivity index (χ4v) is 2.49. The molecule has 0 aliphatic rings. The van der Waals surface area contributed by atoms with Crippen molar-refractivity contribution in [2.75, 3.05) is 13.7 Å². The van der Waals surface area contributed by atoms with E-state index in [0.29, 0.717) is 29.0 Å². The van der Waals surface area contributed by atoms with Crippen molar-refractivity contribution in [2.45, 2.75) is 13.5 Å². The number of nitrogens with one attached hydrogen (secondary N) is 1. The van der Waals surface area contributed by atoms with Crippen molar-refractivity contribution in [3.05, 3.63) is 53.1 Å². The van der Waals surface area contributed by atoms with Gasteiger partial charge in [-0.3, -0.25) is 0 Å². The molecule has 2 heterocycles. The molecule has 3 aromatic rings. The van der Waals surface area contributed by atoms with Crippen molar-refractivity contribution in [1.82, 2.24) is 14.8 Å². The average Bonchev–Trinajstić information content (AvgIpc) is 2.93. The molecule has 24 heavy (non-hydrogen) atoms. The number of pyridine rings is 1. The molecule has 3 rings (SSSR count). The van der Waals surface area contributed by atoms with E-state index >= 15 is 0 Å². The lowest BCUT2D eigenvalue weighted by atomic mass is 10.1. The number of aryl methyl sites for hydroxylation is 1. The third-order valence-corrected chi connectivity index (χ3v) is 3.83. The van der Waals surface area contributed by atoms with E-state index in [1.807, 2.05) is 24.3 Å². The molecule has 0 atom stereocenters. The number of rotatable bonds is 5. The average molecular weight is 327 g/mol. The zero-order valence-electron chi connectivity index (χ0n) is 13.5. The molecule has 0 fully saturated rings. The maximum Gasteiger partial charge on any atom is 0.159 e. The van der Waals surface area contributed by atoms with Gasteiger partial charge in [0.15, 0.2) is 5.65 Å². The second kappa shape index (κ2) is 6.37. The van der Waals surface area contributed by atoms with Gasteiger partial charge >= 0.3 is 0 Å². The molecule has 6 nitrogen and oxygen atoms in total. The van der Waals surface area contributed by atoms with E-state index in [-0.39, 0.29) is 12.3 Å². The fourth-order valence-electron chi connectivity index (χ4n) is 2.49. The predicted octanol–water partition coefficient (Wildman–Crippen LogP) is 2.26.